The summed E-state index contributed by atoms with van der Waals surface area (Å²) in [6.07, 6.45) is -0.646. The highest BCUT2D eigenvalue weighted by molar-refractivity contribution is 5.95. The van der Waals surface area contributed by atoms with Crippen molar-refractivity contribution in [1.82, 2.24) is 0 Å². The van der Waals surface area contributed by atoms with Gasteiger partial charge in [-0.05, 0) is 75.2 Å². The summed E-state index contributed by atoms with van der Waals surface area (Å²) >= 11 is 0. The molecule has 0 heterocycles. The Morgan fingerprint density at radius 3 is 2.32 bits per heavy atom. The third-order valence-electron chi connectivity index (χ3n) is 3.82. The quantitative estimate of drug-likeness (QED) is 0.810. The Bertz CT molecular complexity index is 753. The summed E-state index contributed by atoms with van der Waals surface area (Å²) in [4.78, 5) is 23.9. The van der Waals surface area contributed by atoms with Gasteiger partial charge < -0.3 is 14.8 Å². The Morgan fingerprint density at radius 1 is 1.04 bits per heavy atom. The summed E-state index contributed by atoms with van der Waals surface area (Å²) < 4.78 is 10.6. The second-order valence-electron chi connectivity index (χ2n) is 5.79. The van der Waals surface area contributed by atoms with E-state index in [1.165, 1.54) is 5.56 Å². The highest BCUT2D eigenvalue weighted by Gasteiger charge is 2.15. The molecule has 0 aliphatic carbocycles. The predicted molar refractivity (Wildman–Crippen MR) is 97.0 cm³/mol. The number of hydrogen-bond acceptors (Lipinski definition) is 4. The third kappa shape index (κ3) is 5.08. The minimum atomic E-state index is -0.646. The zero-order valence-electron chi connectivity index (χ0n) is 15.0. The first-order valence-electron chi connectivity index (χ1n) is 8.22. The largest absolute Gasteiger partial charge is 0.481 e. The van der Waals surface area contributed by atoms with Crippen LogP contribution in [0.15, 0.2) is 42.5 Å². The number of esters is 1. The molecule has 1 atom stereocenters. The zero-order valence-corrected chi connectivity index (χ0v) is 15.0. The first-order chi connectivity index (χ1) is 11.9. The van der Waals surface area contributed by atoms with E-state index in [0.29, 0.717) is 23.6 Å². The van der Waals surface area contributed by atoms with Crippen LogP contribution in [0.4, 0.5) is 5.69 Å². The number of carbonyl (C=O) groups excluding carboxylic acids is 2. The molecular formula is C20H23NO4. The fourth-order valence-electron chi connectivity index (χ4n) is 2.19. The number of anilines is 1. The molecule has 5 heteroatoms. The molecule has 0 saturated heterocycles. The Labute approximate surface area is 148 Å². The van der Waals surface area contributed by atoms with Gasteiger partial charge in [0, 0.05) is 5.69 Å². The van der Waals surface area contributed by atoms with Gasteiger partial charge in [-0.15, -0.1) is 0 Å². The average Bonchev–Trinajstić information content (AvgIpc) is 2.59. The van der Waals surface area contributed by atoms with Crippen LogP contribution in [-0.4, -0.2) is 24.6 Å². The minimum absolute atomic E-state index is 0.262. The summed E-state index contributed by atoms with van der Waals surface area (Å²) in [5.74, 6) is 0.0114. The maximum Gasteiger partial charge on any atom is 0.338 e. The SMILES string of the molecule is CCOC(=O)c1ccc(NC(=O)[C@H](C)Oc2ccc(C)c(C)c2)cc1. The van der Waals surface area contributed by atoms with Gasteiger partial charge in [-0.2, -0.15) is 0 Å². The van der Waals surface area contributed by atoms with Gasteiger partial charge in [0.15, 0.2) is 6.10 Å². The predicted octanol–water partition coefficient (Wildman–Crippen LogP) is 3.89. The highest BCUT2D eigenvalue weighted by atomic mass is 16.5. The first-order valence-corrected chi connectivity index (χ1v) is 8.22. The van der Waals surface area contributed by atoms with Crippen LogP contribution in [0.5, 0.6) is 5.75 Å². The molecule has 0 aliphatic rings. The van der Waals surface area contributed by atoms with Crippen molar-refractivity contribution in [3.8, 4) is 5.75 Å². The van der Waals surface area contributed by atoms with E-state index in [1.54, 1.807) is 38.1 Å². The number of aryl methyl sites for hydroxylation is 2. The van der Waals surface area contributed by atoms with Gasteiger partial charge in [-0.1, -0.05) is 6.07 Å². The highest BCUT2D eigenvalue weighted by Crippen LogP contribution is 2.18. The van der Waals surface area contributed by atoms with Crippen molar-refractivity contribution in [2.45, 2.75) is 33.8 Å². The van der Waals surface area contributed by atoms with Gasteiger partial charge in [0.05, 0.1) is 12.2 Å². The Balaban J connectivity index is 1.96. The van der Waals surface area contributed by atoms with Crippen molar-refractivity contribution in [3.05, 3.63) is 59.2 Å². The van der Waals surface area contributed by atoms with Crippen molar-refractivity contribution in [2.75, 3.05) is 11.9 Å². The molecule has 0 fully saturated rings. The monoisotopic (exact) mass is 341 g/mol. The van der Waals surface area contributed by atoms with Gasteiger partial charge in [-0.3, -0.25) is 4.79 Å². The second-order valence-corrected chi connectivity index (χ2v) is 5.79. The lowest BCUT2D eigenvalue weighted by Gasteiger charge is -2.15. The molecule has 25 heavy (non-hydrogen) atoms. The summed E-state index contributed by atoms with van der Waals surface area (Å²) in [5.41, 5.74) is 3.32. The van der Waals surface area contributed by atoms with Crippen LogP contribution in [0.25, 0.3) is 0 Å². The van der Waals surface area contributed by atoms with Gasteiger partial charge in [0.1, 0.15) is 5.75 Å². The third-order valence-corrected chi connectivity index (χ3v) is 3.82. The molecule has 1 N–H and O–H groups in total. The molecule has 0 aliphatic heterocycles. The van der Waals surface area contributed by atoms with E-state index >= 15 is 0 Å². The maximum absolute atomic E-state index is 12.3. The fourth-order valence-corrected chi connectivity index (χ4v) is 2.19. The molecule has 1 amide bonds. The molecular weight excluding hydrogens is 318 g/mol. The van der Waals surface area contributed by atoms with Crippen LogP contribution in [-0.2, 0) is 9.53 Å². The lowest BCUT2D eigenvalue weighted by atomic mass is 10.1. The van der Waals surface area contributed by atoms with E-state index in [-0.39, 0.29) is 11.9 Å². The molecule has 0 saturated carbocycles. The van der Waals surface area contributed by atoms with Crippen molar-refractivity contribution in [1.29, 1.82) is 0 Å². The van der Waals surface area contributed by atoms with Crippen molar-refractivity contribution >= 4 is 17.6 Å². The minimum Gasteiger partial charge on any atom is -0.481 e. The van der Waals surface area contributed by atoms with Crippen LogP contribution in [0.2, 0.25) is 0 Å². The van der Waals surface area contributed by atoms with E-state index in [1.807, 2.05) is 32.0 Å². The zero-order chi connectivity index (χ0) is 18.4. The molecule has 2 aromatic carbocycles. The van der Waals surface area contributed by atoms with Crippen LogP contribution in [0, 0.1) is 13.8 Å². The lowest BCUT2D eigenvalue weighted by molar-refractivity contribution is -0.122. The van der Waals surface area contributed by atoms with Crippen LogP contribution in [0.1, 0.15) is 35.3 Å². The molecule has 0 radical (unpaired) electrons. The first kappa shape index (κ1) is 18.5. The van der Waals surface area contributed by atoms with Crippen LogP contribution in [0.3, 0.4) is 0 Å². The number of nitrogens with one attached hydrogen (secondary N) is 1. The molecule has 5 nitrogen and oxygen atoms in total. The van der Waals surface area contributed by atoms with E-state index in [0.717, 1.165) is 5.56 Å². The van der Waals surface area contributed by atoms with E-state index < -0.39 is 6.10 Å². The summed E-state index contributed by atoms with van der Waals surface area (Å²) in [5, 5.41) is 2.77. The Kier molecular flexibility index (Phi) is 6.17. The summed E-state index contributed by atoms with van der Waals surface area (Å²) in [6.45, 7) is 7.79. The number of carbonyl (C=O) groups is 2. The molecule has 0 bridgehead atoms. The van der Waals surface area contributed by atoms with Crippen molar-refractivity contribution in [3.63, 3.8) is 0 Å². The van der Waals surface area contributed by atoms with Gasteiger partial charge >= 0.3 is 5.97 Å². The molecule has 0 spiro atoms. The normalized spacial score (nSPS) is 11.5. The van der Waals surface area contributed by atoms with Crippen molar-refractivity contribution < 1.29 is 19.1 Å². The van der Waals surface area contributed by atoms with E-state index in [2.05, 4.69) is 5.32 Å². The fraction of sp³-hybridized carbons (Fsp3) is 0.300. The standard InChI is InChI=1S/C20H23NO4/c1-5-24-20(23)16-7-9-17(10-8-16)21-19(22)15(4)25-18-11-6-13(2)14(3)12-18/h6-12,15H,5H2,1-4H3,(H,21,22)/t15-/m0/s1. The average molecular weight is 341 g/mol. The Morgan fingerprint density at radius 2 is 1.72 bits per heavy atom. The number of ether oxygens (including phenoxy) is 2. The molecule has 2 aromatic rings. The molecule has 132 valence electrons. The second kappa shape index (κ2) is 8.33. The topological polar surface area (TPSA) is 64.6 Å². The number of benzene rings is 2. The molecule has 0 aromatic heterocycles. The maximum atomic E-state index is 12.3. The molecule has 0 unspecified atom stereocenters. The number of hydrogen-bond donors (Lipinski definition) is 1. The van der Waals surface area contributed by atoms with Crippen LogP contribution < -0.4 is 10.1 Å². The van der Waals surface area contributed by atoms with Gasteiger partial charge in [-0.25, -0.2) is 4.79 Å². The smallest absolute Gasteiger partial charge is 0.338 e. The van der Waals surface area contributed by atoms with Crippen LogP contribution >= 0.6 is 0 Å². The van der Waals surface area contributed by atoms with Gasteiger partial charge in [0.25, 0.3) is 5.91 Å². The van der Waals surface area contributed by atoms with E-state index in [9.17, 15) is 9.59 Å². The van der Waals surface area contributed by atoms with Gasteiger partial charge in [0.2, 0.25) is 0 Å². The molecule has 2 rings (SSSR count). The lowest BCUT2D eigenvalue weighted by Crippen LogP contribution is -2.30. The summed E-state index contributed by atoms with van der Waals surface area (Å²) in [7, 11) is 0. The summed E-state index contributed by atoms with van der Waals surface area (Å²) in [6, 6.07) is 12.3. The Hall–Kier alpha value is -2.82. The number of rotatable bonds is 6. The van der Waals surface area contributed by atoms with Crippen molar-refractivity contribution in [2.24, 2.45) is 0 Å². The van der Waals surface area contributed by atoms with E-state index in [4.69, 9.17) is 9.47 Å². The number of amides is 1.